The van der Waals surface area contributed by atoms with E-state index < -0.39 is 16.1 Å². The van der Waals surface area contributed by atoms with Gasteiger partial charge in [-0.2, -0.15) is 4.31 Å². The third kappa shape index (κ3) is 5.98. The van der Waals surface area contributed by atoms with Crippen LogP contribution in [0.5, 0.6) is 0 Å². The van der Waals surface area contributed by atoms with Crippen LogP contribution >= 0.6 is 11.6 Å². The monoisotopic (exact) mass is 523 g/mol. The molecule has 4 aromatic rings. The highest BCUT2D eigenvalue weighted by Gasteiger charge is 2.30. The maximum absolute atomic E-state index is 13.6. The SMILES string of the molecule is CC(C)N(CC(=O)N(CCc1c[nH]c2ccccc12)Cc1ccccc1)S(=O)(=O)c1ccc(Cl)cc1. The molecule has 0 atom stereocenters. The van der Waals surface area contributed by atoms with Gasteiger partial charge in [0, 0.05) is 41.3 Å². The Morgan fingerprint density at radius 1 is 0.944 bits per heavy atom. The molecule has 0 fully saturated rings. The molecule has 0 spiro atoms. The van der Waals surface area contributed by atoms with Crippen LogP contribution in [0.4, 0.5) is 0 Å². The standard InChI is InChI=1S/C28H30ClN3O3S/c1-21(2)32(36(34,35)25-14-12-24(29)13-15-25)20-28(33)31(19-22-8-4-3-5-9-22)17-16-23-18-30-27-11-7-6-10-26(23)27/h3-15,18,21,30H,16-17,19-20H2,1-2H3. The van der Waals surface area contributed by atoms with Crippen molar-refractivity contribution < 1.29 is 13.2 Å². The molecule has 36 heavy (non-hydrogen) atoms. The van der Waals surface area contributed by atoms with Gasteiger partial charge in [0.1, 0.15) is 0 Å². The maximum atomic E-state index is 13.6. The molecule has 8 heteroatoms. The number of carbonyl (C=O) groups is 1. The number of amides is 1. The van der Waals surface area contributed by atoms with Gasteiger partial charge < -0.3 is 9.88 Å². The fourth-order valence-corrected chi connectivity index (χ4v) is 5.92. The fraction of sp³-hybridized carbons (Fsp3) is 0.250. The molecular formula is C28H30ClN3O3S. The first kappa shape index (κ1) is 25.9. The van der Waals surface area contributed by atoms with Gasteiger partial charge >= 0.3 is 0 Å². The van der Waals surface area contributed by atoms with E-state index in [1.165, 1.54) is 28.6 Å². The number of rotatable bonds is 10. The van der Waals surface area contributed by atoms with Crippen molar-refractivity contribution in [3.63, 3.8) is 0 Å². The Morgan fingerprint density at radius 2 is 1.61 bits per heavy atom. The number of halogens is 1. The van der Waals surface area contributed by atoms with Crippen LogP contribution in [0.2, 0.25) is 5.02 Å². The number of aromatic nitrogens is 1. The van der Waals surface area contributed by atoms with Crippen LogP contribution in [0.3, 0.4) is 0 Å². The number of H-pyrrole nitrogens is 1. The Kier molecular flexibility index (Phi) is 8.14. The van der Waals surface area contributed by atoms with Crippen LogP contribution in [0.1, 0.15) is 25.0 Å². The van der Waals surface area contributed by atoms with E-state index in [1.54, 1.807) is 18.7 Å². The molecule has 0 saturated heterocycles. The van der Waals surface area contributed by atoms with Crippen LogP contribution in [-0.2, 0) is 27.8 Å². The normalized spacial score (nSPS) is 11.9. The first-order valence-electron chi connectivity index (χ1n) is 11.9. The first-order valence-corrected chi connectivity index (χ1v) is 13.7. The van der Waals surface area contributed by atoms with Gasteiger partial charge in [0.05, 0.1) is 11.4 Å². The highest BCUT2D eigenvalue weighted by atomic mass is 35.5. The zero-order valence-corrected chi connectivity index (χ0v) is 22.0. The van der Waals surface area contributed by atoms with Crippen LogP contribution in [-0.4, -0.2) is 47.6 Å². The van der Waals surface area contributed by atoms with Crippen LogP contribution in [0, 0.1) is 0 Å². The number of sulfonamides is 1. The minimum absolute atomic E-state index is 0.113. The maximum Gasteiger partial charge on any atom is 0.243 e. The van der Waals surface area contributed by atoms with E-state index in [-0.39, 0.29) is 17.3 Å². The van der Waals surface area contributed by atoms with Crippen molar-refractivity contribution in [2.45, 2.75) is 37.8 Å². The molecule has 0 bridgehead atoms. The van der Waals surface area contributed by atoms with Gasteiger partial charge in [-0.25, -0.2) is 8.42 Å². The molecule has 188 valence electrons. The number of aromatic amines is 1. The summed E-state index contributed by atoms with van der Waals surface area (Å²) in [5.74, 6) is -0.245. The summed E-state index contributed by atoms with van der Waals surface area (Å²) in [6.45, 7) is 4.16. The highest BCUT2D eigenvalue weighted by molar-refractivity contribution is 7.89. The van der Waals surface area contributed by atoms with Crippen molar-refractivity contribution >= 4 is 38.4 Å². The van der Waals surface area contributed by atoms with E-state index >= 15 is 0 Å². The number of hydrogen-bond donors (Lipinski definition) is 1. The van der Waals surface area contributed by atoms with Crippen molar-refractivity contribution in [1.29, 1.82) is 0 Å². The largest absolute Gasteiger partial charge is 0.361 e. The van der Waals surface area contributed by atoms with Crippen molar-refractivity contribution in [3.8, 4) is 0 Å². The van der Waals surface area contributed by atoms with Gasteiger partial charge in [-0.1, -0.05) is 60.1 Å². The second kappa shape index (κ2) is 11.3. The molecule has 3 aromatic carbocycles. The first-order chi connectivity index (χ1) is 17.3. The Morgan fingerprint density at radius 3 is 2.31 bits per heavy atom. The molecule has 0 aliphatic carbocycles. The number of nitrogens with one attached hydrogen (secondary N) is 1. The summed E-state index contributed by atoms with van der Waals surface area (Å²) < 4.78 is 28.1. The van der Waals surface area contributed by atoms with E-state index in [1.807, 2.05) is 54.7 Å². The van der Waals surface area contributed by atoms with Gasteiger partial charge in [0.25, 0.3) is 0 Å². The summed E-state index contributed by atoms with van der Waals surface area (Å²) in [5, 5.41) is 1.58. The van der Waals surface area contributed by atoms with Gasteiger partial charge in [-0.3, -0.25) is 4.79 Å². The molecule has 0 radical (unpaired) electrons. The smallest absolute Gasteiger partial charge is 0.243 e. The average molecular weight is 524 g/mol. The highest BCUT2D eigenvalue weighted by Crippen LogP contribution is 2.22. The number of hydrogen-bond acceptors (Lipinski definition) is 3. The third-order valence-electron chi connectivity index (χ3n) is 6.18. The Balaban J connectivity index is 1.57. The molecule has 0 saturated carbocycles. The Labute approximate surface area is 217 Å². The van der Waals surface area contributed by atoms with Crippen LogP contribution in [0.15, 0.2) is 90.0 Å². The molecular weight excluding hydrogens is 494 g/mol. The van der Waals surface area contributed by atoms with E-state index in [9.17, 15) is 13.2 Å². The topological polar surface area (TPSA) is 73.5 Å². The van der Waals surface area contributed by atoms with E-state index in [0.29, 0.717) is 24.5 Å². The summed E-state index contributed by atoms with van der Waals surface area (Å²) in [4.78, 5) is 18.7. The lowest BCUT2D eigenvalue weighted by molar-refractivity contribution is -0.132. The molecule has 0 aliphatic heterocycles. The third-order valence-corrected chi connectivity index (χ3v) is 8.47. The van der Waals surface area contributed by atoms with Crippen LogP contribution < -0.4 is 0 Å². The molecule has 1 heterocycles. The van der Waals surface area contributed by atoms with Crippen molar-refractivity contribution in [2.75, 3.05) is 13.1 Å². The lowest BCUT2D eigenvalue weighted by atomic mass is 10.1. The zero-order valence-electron chi connectivity index (χ0n) is 20.4. The Bertz CT molecular complexity index is 1420. The van der Waals surface area contributed by atoms with E-state index in [0.717, 1.165) is 22.0 Å². The van der Waals surface area contributed by atoms with Gasteiger partial charge in [0.15, 0.2) is 0 Å². The van der Waals surface area contributed by atoms with Crippen LogP contribution in [0.25, 0.3) is 10.9 Å². The number of fused-ring (bicyclic) bond motifs is 1. The van der Waals surface area contributed by atoms with E-state index in [2.05, 4.69) is 11.1 Å². The van der Waals surface area contributed by atoms with Crippen molar-refractivity contribution in [2.24, 2.45) is 0 Å². The molecule has 0 aliphatic rings. The lowest BCUT2D eigenvalue weighted by Crippen LogP contribution is -2.46. The molecule has 1 amide bonds. The quantitative estimate of drug-likeness (QED) is 0.298. The number of para-hydroxylation sites is 1. The second-order valence-corrected chi connectivity index (χ2v) is 11.3. The summed E-state index contributed by atoms with van der Waals surface area (Å²) in [6, 6.07) is 23.4. The average Bonchev–Trinajstić information content (AvgIpc) is 3.28. The van der Waals surface area contributed by atoms with Gasteiger partial charge in [0.2, 0.25) is 15.9 Å². The second-order valence-electron chi connectivity index (χ2n) is 9.01. The van der Waals surface area contributed by atoms with Gasteiger partial charge in [-0.15, -0.1) is 0 Å². The summed E-state index contributed by atoms with van der Waals surface area (Å²) in [5.41, 5.74) is 3.15. The fourth-order valence-electron chi connectivity index (χ4n) is 4.21. The summed E-state index contributed by atoms with van der Waals surface area (Å²) in [7, 11) is -3.88. The predicted octanol–water partition coefficient (Wildman–Crippen LogP) is 5.49. The van der Waals surface area contributed by atoms with Gasteiger partial charge in [-0.05, 0) is 61.7 Å². The number of benzene rings is 3. The summed E-state index contributed by atoms with van der Waals surface area (Å²) >= 11 is 5.95. The number of nitrogens with zero attached hydrogens (tertiary/aromatic N) is 2. The molecule has 0 unspecified atom stereocenters. The molecule has 1 N–H and O–H groups in total. The predicted molar refractivity (Wildman–Crippen MR) is 144 cm³/mol. The Hall–Kier alpha value is -3.13. The summed E-state index contributed by atoms with van der Waals surface area (Å²) in [6.07, 6.45) is 2.62. The molecule has 4 rings (SSSR count). The van der Waals surface area contributed by atoms with E-state index in [4.69, 9.17) is 11.6 Å². The minimum atomic E-state index is -3.88. The van der Waals surface area contributed by atoms with Crippen molar-refractivity contribution in [1.82, 2.24) is 14.2 Å². The zero-order chi connectivity index (χ0) is 25.7. The number of carbonyl (C=O) groups excluding carboxylic acids is 1. The molecule has 1 aromatic heterocycles. The molecule has 6 nitrogen and oxygen atoms in total. The lowest BCUT2D eigenvalue weighted by Gasteiger charge is -2.29. The van der Waals surface area contributed by atoms with Crippen molar-refractivity contribution in [3.05, 3.63) is 101 Å². The minimum Gasteiger partial charge on any atom is -0.361 e.